The van der Waals surface area contributed by atoms with Gasteiger partial charge >= 0.3 is 5.97 Å². The summed E-state index contributed by atoms with van der Waals surface area (Å²) in [7, 11) is -4.00. The first kappa shape index (κ1) is 21.5. The number of carboxylic acid groups (broad SMARTS) is 1. The van der Waals surface area contributed by atoms with Crippen LogP contribution in [0.4, 0.5) is 5.69 Å². The molecule has 0 saturated heterocycles. The van der Waals surface area contributed by atoms with E-state index in [9.17, 15) is 18.3 Å². The highest BCUT2D eigenvalue weighted by Crippen LogP contribution is 2.28. The molecule has 0 aliphatic heterocycles. The van der Waals surface area contributed by atoms with Crippen LogP contribution in [0.25, 0.3) is 0 Å². The van der Waals surface area contributed by atoms with E-state index < -0.39 is 22.0 Å². The Hall–Kier alpha value is -3.16. The normalized spacial score (nSPS) is 13.4. The van der Waals surface area contributed by atoms with Gasteiger partial charge in [0.05, 0.1) is 11.3 Å². The van der Waals surface area contributed by atoms with E-state index >= 15 is 0 Å². The summed E-state index contributed by atoms with van der Waals surface area (Å²) < 4.78 is 29.0. The van der Waals surface area contributed by atoms with Crippen molar-refractivity contribution < 1.29 is 18.3 Å². The number of anilines is 1. The Morgan fingerprint density at radius 1 is 0.833 bits per heavy atom. The summed E-state index contributed by atoms with van der Waals surface area (Å²) in [6, 6.07) is 22.2. The number of nitrogens with one attached hydrogen (secondary N) is 2. The van der Waals surface area contributed by atoms with Crippen molar-refractivity contribution in [2.75, 3.05) is 5.32 Å². The average molecular weight is 425 g/mol. The maximum atomic E-state index is 13.2. The fraction of sp³-hybridized carbons (Fsp3) is 0.174. The lowest BCUT2D eigenvalue weighted by Gasteiger charge is -2.21. The molecular weight excluding hydrogens is 400 g/mol. The first-order chi connectivity index (χ1) is 14.3. The summed E-state index contributed by atoms with van der Waals surface area (Å²) in [6.45, 7) is 3.66. The van der Waals surface area contributed by atoms with E-state index in [0.29, 0.717) is 5.69 Å². The van der Waals surface area contributed by atoms with E-state index in [0.717, 1.165) is 11.1 Å². The molecule has 3 aromatic rings. The molecule has 30 heavy (non-hydrogen) atoms. The van der Waals surface area contributed by atoms with Crippen LogP contribution in [-0.4, -0.2) is 19.5 Å². The first-order valence-corrected chi connectivity index (χ1v) is 11.0. The highest BCUT2D eigenvalue weighted by atomic mass is 32.2. The number of rotatable bonds is 8. The van der Waals surface area contributed by atoms with Crippen LogP contribution in [0.1, 0.15) is 47.4 Å². The Morgan fingerprint density at radius 2 is 1.37 bits per heavy atom. The Bertz CT molecular complexity index is 1120. The summed E-state index contributed by atoms with van der Waals surface area (Å²) in [4.78, 5) is 11.3. The maximum absolute atomic E-state index is 13.2. The predicted molar refractivity (Wildman–Crippen MR) is 117 cm³/mol. The van der Waals surface area contributed by atoms with Crippen molar-refractivity contribution in [3.63, 3.8) is 0 Å². The van der Waals surface area contributed by atoms with Gasteiger partial charge in [0, 0.05) is 12.1 Å². The number of hydrogen-bond acceptors (Lipinski definition) is 4. The van der Waals surface area contributed by atoms with Gasteiger partial charge < -0.3 is 10.4 Å². The van der Waals surface area contributed by atoms with E-state index in [1.165, 1.54) is 18.2 Å². The monoisotopic (exact) mass is 424 g/mol. The van der Waals surface area contributed by atoms with Gasteiger partial charge in [0.2, 0.25) is 10.0 Å². The second-order valence-corrected chi connectivity index (χ2v) is 8.73. The Kier molecular flexibility index (Phi) is 6.54. The van der Waals surface area contributed by atoms with Crippen LogP contribution >= 0.6 is 0 Å². The van der Waals surface area contributed by atoms with E-state index in [2.05, 4.69) is 10.0 Å². The van der Waals surface area contributed by atoms with Gasteiger partial charge in [-0.3, -0.25) is 0 Å². The largest absolute Gasteiger partial charge is 0.478 e. The molecule has 0 saturated carbocycles. The molecule has 0 heterocycles. The van der Waals surface area contributed by atoms with Crippen molar-refractivity contribution in [2.45, 2.75) is 30.8 Å². The lowest BCUT2D eigenvalue weighted by atomic mass is 10.1. The van der Waals surface area contributed by atoms with Crippen molar-refractivity contribution >= 4 is 21.7 Å². The lowest BCUT2D eigenvalue weighted by Crippen LogP contribution is -2.28. The molecular formula is C23H24N2O4S. The van der Waals surface area contributed by atoms with Gasteiger partial charge in [0.1, 0.15) is 4.90 Å². The van der Waals surface area contributed by atoms with Gasteiger partial charge in [-0.05, 0) is 43.2 Å². The third-order valence-corrected chi connectivity index (χ3v) is 6.40. The molecule has 7 heteroatoms. The first-order valence-electron chi connectivity index (χ1n) is 9.54. The summed E-state index contributed by atoms with van der Waals surface area (Å²) >= 11 is 0. The van der Waals surface area contributed by atoms with Crippen LogP contribution in [0.2, 0.25) is 0 Å². The molecule has 0 aliphatic rings. The Balaban J connectivity index is 1.96. The van der Waals surface area contributed by atoms with Gasteiger partial charge in [-0.2, -0.15) is 0 Å². The fourth-order valence-electron chi connectivity index (χ4n) is 3.16. The third kappa shape index (κ3) is 5.06. The molecule has 2 atom stereocenters. The summed E-state index contributed by atoms with van der Waals surface area (Å²) in [5, 5.41) is 12.5. The van der Waals surface area contributed by atoms with Crippen LogP contribution in [0, 0.1) is 0 Å². The van der Waals surface area contributed by atoms with Gasteiger partial charge in [-0.15, -0.1) is 0 Å². The van der Waals surface area contributed by atoms with Crippen LogP contribution < -0.4 is 10.0 Å². The molecule has 6 nitrogen and oxygen atoms in total. The second-order valence-electron chi connectivity index (χ2n) is 7.05. The molecule has 0 aromatic heterocycles. The molecule has 0 fully saturated rings. The zero-order valence-electron chi connectivity index (χ0n) is 16.7. The van der Waals surface area contributed by atoms with E-state index in [4.69, 9.17) is 0 Å². The van der Waals surface area contributed by atoms with Crippen molar-refractivity contribution in [1.82, 2.24) is 4.72 Å². The molecule has 3 N–H and O–H groups in total. The maximum Gasteiger partial charge on any atom is 0.335 e. The number of sulfonamides is 1. The quantitative estimate of drug-likeness (QED) is 0.491. The SMILES string of the molecule is C[C@H](NS(=O)(=O)c1cc(C(=O)O)ccc1N[C@H](C)c1ccccc1)c1ccccc1. The number of carbonyl (C=O) groups is 1. The zero-order valence-corrected chi connectivity index (χ0v) is 17.6. The van der Waals surface area contributed by atoms with Crippen molar-refractivity contribution in [3.05, 3.63) is 95.6 Å². The number of carboxylic acids is 1. The summed E-state index contributed by atoms with van der Waals surface area (Å²) in [6.07, 6.45) is 0. The molecule has 0 spiro atoms. The van der Waals surface area contributed by atoms with E-state index in [1.807, 2.05) is 67.6 Å². The van der Waals surface area contributed by atoms with Gasteiger partial charge in [-0.25, -0.2) is 17.9 Å². The van der Waals surface area contributed by atoms with Crippen LogP contribution in [0.15, 0.2) is 83.8 Å². The van der Waals surface area contributed by atoms with Crippen LogP contribution in [0.3, 0.4) is 0 Å². The zero-order chi connectivity index (χ0) is 21.7. The Labute approximate surface area is 176 Å². The molecule has 0 radical (unpaired) electrons. The smallest absolute Gasteiger partial charge is 0.335 e. The minimum atomic E-state index is -4.00. The molecule has 156 valence electrons. The highest BCUT2D eigenvalue weighted by Gasteiger charge is 2.24. The second kappa shape index (κ2) is 9.11. The molecule has 3 aromatic carbocycles. The summed E-state index contributed by atoms with van der Waals surface area (Å²) in [5.41, 5.74) is 2.03. The Morgan fingerprint density at radius 3 is 1.90 bits per heavy atom. The molecule has 0 unspecified atom stereocenters. The van der Waals surface area contributed by atoms with Crippen LogP contribution in [0.5, 0.6) is 0 Å². The van der Waals surface area contributed by atoms with Gasteiger partial charge in [0.25, 0.3) is 0 Å². The van der Waals surface area contributed by atoms with Crippen molar-refractivity contribution in [1.29, 1.82) is 0 Å². The number of aromatic carboxylic acids is 1. The fourth-order valence-corrected chi connectivity index (χ4v) is 4.59. The third-order valence-electron chi connectivity index (χ3n) is 4.82. The van der Waals surface area contributed by atoms with Gasteiger partial charge in [0.15, 0.2) is 0 Å². The number of hydrogen-bond donors (Lipinski definition) is 3. The predicted octanol–water partition coefficient (Wildman–Crippen LogP) is 4.60. The van der Waals surface area contributed by atoms with Crippen molar-refractivity contribution in [2.24, 2.45) is 0 Å². The standard InChI is InChI=1S/C23H24N2O4S/c1-16(18-9-5-3-6-10-18)24-21-14-13-20(23(26)27)15-22(21)30(28,29)25-17(2)19-11-7-4-8-12-19/h3-17,24-25H,1-2H3,(H,26,27)/t16-,17+/m1/s1. The van der Waals surface area contributed by atoms with Crippen LogP contribution in [-0.2, 0) is 10.0 Å². The minimum Gasteiger partial charge on any atom is -0.478 e. The van der Waals surface area contributed by atoms with E-state index in [1.54, 1.807) is 6.92 Å². The molecule has 0 amide bonds. The average Bonchev–Trinajstić information content (AvgIpc) is 2.74. The van der Waals surface area contributed by atoms with Crippen molar-refractivity contribution in [3.8, 4) is 0 Å². The summed E-state index contributed by atoms with van der Waals surface area (Å²) in [5.74, 6) is -1.19. The lowest BCUT2D eigenvalue weighted by molar-refractivity contribution is 0.0696. The topological polar surface area (TPSA) is 95.5 Å². The highest BCUT2D eigenvalue weighted by molar-refractivity contribution is 7.89. The molecule has 0 aliphatic carbocycles. The van der Waals surface area contributed by atoms with E-state index in [-0.39, 0.29) is 16.5 Å². The van der Waals surface area contributed by atoms with Gasteiger partial charge in [-0.1, -0.05) is 60.7 Å². The molecule has 0 bridgehead atoms. The number of benzene rings is 3. The minimum absolute atomic E-state index is 0.0966. The molecule has 3 rings (SSSR count).